The average Bonchev–Trinajstić information content (AvgIpc) is 2.77. The number of nitrogens with zero attached hydrogens (tertiary/aromatic N) is 2. The Morgan fingerprint density at radius 2 is 1.59 bits per heavy atom. The third kappa shape index (κ3) is 5.76. The molecule has 1 aliphatic rings. The summed E-state index contributed by atoms with van der Waals surface area (Å²) in [5, 5.41) is 5.54. The van der Waals surface area contributed by atoms with Crippen LogP contribution in [0.15, 0.2) is 48.5 Å². The Hall–Kier alpha value is -3.13. The van der Waals surface area contributed by atoms with Crippen molar-refractivity contribution in [3.8, 4) is 0 Å². The van der Waals surface area contributed by atoms with E-state index < -0.39 is 17.9 Å². The number of nitrogens with one attached hydrogen (secondary N) is 2. The number of piperazine rings is 1. The van der Waals surface area contributed by atoms with Gasteiger partial charge in [-0.1, -0.05) is 43.6 Å². The second kappa shape index (κ2) is 10.5. The Bertz CT molecular complexity index is 978. The molecule has 32 heavy (non-hydrogen) atoms. The van der Waals surface area contributed by atoms with Gasteiger partial charge in [-0.3, -0.25) is 9.59 Å². The van der Waals surface area contributed by atoms with Crippen LogP contribution < -0.4 is 10.6 Å². The minimum Gasteiger partial charge on any atom is -0.337 e. The van der Waals surface area contributed by atoms with Gasteiger partial charge >= 0.3 is 6.03 Å². The van der Waals surface area contributed by atoms with Gasteiger partial charge in [-0.15, -0.1) is 0 Å². The highest BCUT2D eigenvalue weighted by molar-refractivity contribution is 6.33. The number of para-hydroxylation sites is 1. The maximum atomic E-state index is 13.3. The summed E-state index contributed by atoms with van der Waals surface area (Å²) in [5.74, 6) is -1.13. The lowest BCUT2D eigenvalue weighted by Crippen LogP contribution is -2.57. The van der Waals surface area contributed by atoms with Crippen molar-refractivity contribution in [2.45, 2.75) is 19.9 Å². The first-order chi connectivity index (χ1) is 15.3. The molecule has 0 saturated carbocycles. The van der Waals surface area contributed by atoms with Gasteiger partial charge in [0.1, 0.15) is 11.9 Å². The molecule has 1 heterocycles. The fraction of sp³-hybridized carbons (Fsp3) is 0.348. The van der Waals surface area contributed by atoms with Crippen molar-refractivity contribution in [3.63, 3.8) is 0 Å². The van der Waals surface area contributed by atoms with Crippen molar-refractivity contribution in [2.24, 2.45) is 5.92 Å². The molecule has 0 aliphatic carbocycles. The molecule has 4 amide bonds. The Morgan fingerprint density at radius 1 is 0.969 bits per heavy atom. The molecular weight excluding hydrogens is 435 g/mol. The van der Waals surface area contributed by atoms with Gasteiger partial charge in [-0.2, -0.15) is 0 Å². The lowest BCUT2D eigenvalue weighted by molar-refractivity contribution is -0.135. The van der Waals surface area contributed by atoms with Crippen LogP contribution in [0.2, 0.25) is 5.02 Å². The standard InChI is InChI=1S/C23H26ClFN4O3/c1-15(2)20(27-23(32)26-17-6-4-3-5-7-17)22(31)29-12-10-28(11-13-29)21(30)18-9-8-16(25)14-19(18)24/h3-9,14-15,20H,10-13H2,1-2H3,(H2,26,27,32). The van der Waals surface area contributed by atoms with Gasteiger partial charge in [0.15, 0.2) is 0 Å². The molecule has 7 nitrogen and oxygen atoms in total. The van der Waals surface area contributed by atoms with E-state index in [-0.39, 0.29) is 28.3 Å². The van der Waals surface area contributed by atoms with Gasteiger partial charge in [0.05, 0.1) is 10.6 Å². The van der Waals surface area contributed by atoms with E-state index in [1.807, 2.05) is 19.9 Å². The third-order valence-electron chi connectivity index (χ3n) is 5.29. The smallest absolute Gasteiger partial charge is 0.319 e. The molecule has 1 saturated heterocycles. The highest BCUT2D eigenvalue weighted by Crippen LogP contribution is 2.20. The van der Waals surface area contributed by atoms with E-state index >= 15 is 0 Å². The summed E-state index contributed by atoms with van der Waals surface area (Å²) in [7, 11) is 0. The number of amides is 4. The second-order valence-corrected chi connectivity index (χ2v) is 8.34. The highest BCUT2D eigenvalue weighted by atomic mass is 35.5. The Labute approximate surface area is 191 Å². The van der Waals surface area contributed by atoms with Gasteiger partial charge in [0, 0.05) is 31.9 Å². The first kappa shape index (κ1) is 23.5. The number of carbonyl (C=O) groups is 3. The fourth-order valence-corrected chi connectivity index (χ4v) is 3.75. The quantitative estimate of drug-likeness (QED) is 0.715. The molecule has 3 rings (SSSR count). The maximum absolute atomic E-state index is 13.3. The summed E-state index contributed by atoms with van der Waals surface area (Å²) in [6, 6.07) is 11.5. The molecule has 9 heteroatoms. The summed E-state index contributed by atoms with van der Waals surface area (Å²) in [6.45, 7) is 5.02. The van der Waals surface area contributed by atoms with E-state index in [9.17, 15) is 18.8 Å². The predicted octanol–water partition coefficient (Wildman–Crippen LogP) is 3.61. The monoisotopic (exact) mass is 460 g/mol. The van der Waals surface area contributed by atoms with Gasteiger partial charge in [-0.25, -0.2) is 9.18 Å². The fourth-order valence-electron chi connectivity index (χ4n) is 3.50. The molecule has 1 atom stereocenters. The van der Waals surface area contributed by atoms with Crippen molar-refractivity contribution in [2.75, 3.05) is 31.5 Å². The summed E-state index contributed by atoms with van der Waals surface area (Å²) in [5.41, 5.74) is 0.860. The Balaban J connectivity index is 1.58. The van der Waals surface area contributed by atoms with Crippen LogP contribution >= 0.6 is 11.6 Å². The average molecular weight is 461 g/mol. The van der Waals surface area contributed by atoms with Crippen molar-refractivity contribution in [1.29, 1.82) is 0 Å². The molecule has 1 unspecified atom stereocenters. The number of rotatable bonds is 5. The van der Waals surface area contributed by atoms with Gasteiger partial charge in [0.25, 0.3) is 5.91 Å². The topological polar surface area (TPSA) is 81.8 Å². The lowest BCUT2D eigenvalue weighted by atomic mass is 10.0. The number of benzene rings is 2. The number of urea groups is 1. The molecule has 2 aromatic carbocycles. The molecule has 1 fully saturated rings. The largest absolute Gasteiger partial charge is 0.337 e. The van der Waals surface area contributed by atoms with Crippen LogP contribution in [0.1, 0.15) is 24.2 Å². The van der Waals surface area contributed by atoms with Crippen molar-refractivity contribution >= 4 is 35.1 Å². The SMILES string of the molecule is CC(C)C(NC(=O)Nc1ccccc1)C(=O)N1CCN(C(=O)c2ccc(F)cc2Cl)CC1. The zero-order chi connectivity index (χ0) is 23.3. The number of hydrogen-bond acceptors (Lipinski definition) is 3. The molecule has 1 aliphatic heterocycles. The second-order valence-electron chi connectivity index (χ2n) is 7.93. The first-order valence-electron chi connectivity index (χ1n) is 10.4. The molecule has 2 N–H and O–H groups in total. The molecule has 0 bridgehead atoms. The van der Waals surface area contributed by atoms with E-state index in [0.29, 0.717) is 31.9 Å². The zero-order valence-corrected chi connectivity index (χ0v) is 18.7. The molecular formula is C23H26ClFN4O3. The van der Waals surface area contributed by atoms with Crippen molar-refractivity contribution in [1.82, 2.24) is 15.1 Å². The number of carbonyl (C=O) groups excluding carboxylic acids is 3. The molecule has 170 valence electrons. The molecule has 2 aromatic rings. The maximum Gasteiger partial charge on any atom is 0.319 e. The number of anilines is 1. The Kier molecular flexibility index (Phi) is 7.69. The molecule has 0 spiro atoms. The van der Waals surface area contributed by atoms with Crippen LogP contribution in [0.3, 0.4) is 0 Å². The van der Waals surface area contributed by atoms with Crippen LogP contribution in [0, 0.1) is 11.7 Å². The van der Waals surface area contributed by atoms with Crippen LogP contribution in [0.25, 0.3) is 0 Å². The van der Waals surface area contributed by atoms with Crippen LogP contribution in [0.5, 0.6) is 0 Å². The summed E-state index contributed by atoms with van der Waals surface area (Å²) >= 11 is 6.01. The summed E-state index contributed by atoms with van der Waals surface area (Å²) in [4.78, 5) is 41.4. The van der Waals surface area contributed by atoms with E-state index in [1.54, 1.807) is 34.1 Å². The number of halogens is 2. The highest BCUT2D eigenvalue weighted by Gasteiger charge is 2.32. The lowest BCUT2D eigenvalue weighted by Gasteiger charge is -2.37. The molecule has 0 radical (unpaired) electrons. The van der Waals surface area contributed by atoms with Crippen LogP contribution in [-0.4, -0.2) is 59.9 Å². The summed E-state index contributed by atoms with van der Waals surface area (Å²) in [6.07, 6.45) is 0. The van der Waals surface area contributed by atoms with Crippen LogP contribution in [0.4, 0.5) is 14.9 Å². The predicted molar refractivity (Wildman–Crippen MR) is 121 cm³/mol. The molecule has 0 aromatic heterocycles. The first-order valence-corrected chi connectivity index (χ1v) is 10.8. The third-order valence-corrected chi connectivity index (χ3v) is 5.60. The van der Waals surface area contributed by atoms with E-state index in [0.717, 1.165) is 6.07 Å². The van der Waals surface area contributed by atoms with E-state index in [1.165, 1.54) is 12.1 Å². The van der Waals surface area contributed by atoms with Gasteiger partial charge in [0.2, 0.25) is 5.91 Å². The van der Waals surface area contributed by atoms with Gasteiger partial charge in [-0.05, 0) is 36.2 Å². The zero-order valence-electron chi connectivity index (χ0n) is 18.0. The van der Waals surface area contributed by atoms with Crippen LogP contribution in [-0.2, 0) is 4.79 Å². The van der Waals surface area contributed by atoms with Gasteiger partial charge < -0.3 is 20.4 Å². The Morgan fingerprint density at radius 3 is 2.19 bits per heavy atom. The normalized spacial score (nSPS) is 14.8. The minimum atomic E-state index is -0.701. The number of hydrogen-bond donors (Lipinski definition) is 2. The van der Waals surface area contributed by atoms with Crippen molar-refractivity contribution in [3.05, 3.63) is 64.9 Å². The van der Waals surface area contributed by atoms with Crippen molar-refractivity contribution < 1.29 is 18.8 Å². The van der Waals surface area contributed by atoms with E-state index in [4.69, 9.17) is 11.6 Å². The minimum absolute atomic E-state index is 0.0574. The van der Waals surface area contributed by atoms with E-state index in [2.05, 4.69) is 10.6 Å². The summed E-state index contributed by atoms with van der Waals surface area (Å²) < 4.78 is 13.3.